The predicted octanol–water partition coefficient (Wildman–Crippen LogP) is 3.08. The highest BCUT2D eigenvalue weighted by Gasteiger charge is 2.50. The summed E-state index contributed by atoms with van der Waals surface area (Å²) in [4.78, 5) is 4.07. The molecule has 0 bridgehead atoms. The first-order valence-electron chi connectivity index (χ1n) is 6.30. The van der Waals surface area contributed by atoms with Crippen LogP contribution in [-0.4, -0.2) is 22.8 Å². The second-order valence-corrected chi connectivity index (χ2v) is 5.43. The summed E-state index contributed by atoms with van der Waals surface area (Å²) in [7, 11) is 0. The number of ether oxygens (including phenoxy) is 3. The molecule has 0 aliphatic carbocycles. The summed E-state index contributed by atoms with van der Waals surface area (Å²) in [6.07, 6.45) is 3.02. The largest absolute Gasteiger partial charge is 0.492 e. The number of rotatable bonds is 3. The topological polar surface area (TPSA) is 40.6 Å². The Labute approximate surface area is 108 Å². The summed E-state index contributed by atoms with van der Waals surface area (Å²) in [5, 5.41) is 0. The molecule has 100 valence electrons. The van der Waals surface area contributed by atoms with Crippen molar-refractivity contribution in [3.63, 3.8) is 0 Å². The maximum absolute atomic E-state index is 6.01. The Balaban J connectivity index is 2.29. The second-order valence-electron chi connectivity index (χ2n) is 5.43. The van der Waals surface area contributed by atoms with Crippen molar-refractivity contribution >= 4 is 0 Å². The van der Waals surface area contributed by atoms with Gasteiger partial charge in [0.05, 0.1) is 29.6 Å². The molecule has 1 aliphatic rings. The van der Waals surface area contributed by atoms with Crippen molar-refractivity contribution < 1.29 is 14.2 Å². The van der Waals surface area contributed by atoms with Crippen molar-refractivity contribution in [1.29, 1.82) is 0 Å². The van der Waals surface area contributed by atoms with Crippen LogP contribution in [0.3, 0.4) is 0 Å². The third kappa shape index (κ3) is 2.22. The van der Waals surface area contributed by atoms with Gasteiger partial charge in [-0.25, -0.2) is 0 Å². The molecule has 0 saturated carbocycles. The minimum Gasteiger partial charge on any atom is -0.492 e. The first-order valence-corrected chi connectivity index (χ1v) is 6.30. The lowest BCUT2D eigenvalue weighted by Crippen LogP contribution is -2.41. The van der Waals surface area contributed by atoms with E-state index in [1.165, 1.54) is 0 Å². The highest BCUT2D eigenvalue weighted by molar-refractivity contribution is 5.31. The molecule has 0 spiro atoms. The lowest BCUT2D eigenvalue weighted by atomic mass is 9.90. The van der Waals surface area contributed by atoms with E-state index in [9.17, 15) is 0 Å². The highest BCUT2D eigenvalue weighted by Crippen LogP contribution is 2.46. The Morgan fingerprint density at radius 1 is 1.22 bits per heavy atom. The lowest BCUT2D eigenvalue weighted by Gasteiger charge is -2.30. The van der Waals surface area contributed by atoms with Gasteiger partial charge in [0.1, 0.15) is 5.75 Å². The molecule has 1 aliphatic heterocycles. The summed E-state index contributed by atoms with van der Waals surface area (Å²) in [5.74, 6) is 0.721. The molecule has 0 atom stereocenters. The van der Waals surface area contributed by atoms with Gasteiger partial charge in [0, 0.05) is 6.20 Å². The molecule has 2 rings (SSSR count). The molecular formula is C14H21NO3. The van der Waals surface area contributed by atoms with Crippen molar-refractivity contribution in [3.05, 3.63) is 24.0 Å². The van der Waals surface area contributed by atoms with E-state index in [4.69, 9.17) is 14.2 Å². The lowest BCUT2D eigenvalue weighted by molar-refractivity contribution is -0.0907. The maximum atomic E-state index is 6.01. The molecular weight excluding hydrogens is 230 g/mol. The van der Waals surface area contributed by atoms with Crippen LogP contribution in [-0.2, 0) is 9.47 Å². The van der Waals surface area contributed by atoms with Crippen LogP contribution in [0, 0.1) is 0 Å². The molecule has 0 unspecified atom stereocenters. The number of nitrogens with zero attached hydrogens (tertiary/aromatic N) is 1. The van der Waals surface area contributed by atoms with Crippen LogP contribution < -0.4 is 4.74 Å². The normalized spacial score (nSPS) is 22.1. The summed E-state index contributed by atoms with van der Waals surface area (Å²) < 4.78 is 17.6. The van der Waals surface area contributed by atoms with E-state index in [-0.39, 0.29) is 11.2 Å². The Kier molecular flexibility index (Phi) is 3.34. The first-order chi connectivity index (χ1) is 8.37. The Bertz CT molecular complexity index is 413. The Morgan fingerprint density at radius 2 is 1.83 bits per heavy atom. The van der Waals surface area contributed by atoms with Crippen molar-refractivity contribution in [2.75, 3.05) is 6.61 Å². The molecule has 0 radical (unpaired) electrons. The van der Waals surface area contributed by atoms with Crippen LogP contribution in [0.1, 0.15) is 46.5 Å². The zero-order valence-electron chi connectivity index (χ0n) is 11.7. The molecule has 18 heavy (non-hydrogen) atoms. The van der Waals surface area contributed by atoms with Gasteiger partial charge in [0.15, 0.2) is 6.29 Å². The van der Waals surface area contributed by atoms with Gasteiger partial charge in [-0.1, -0.05) is 0 Å². The first kappa shape index (κ1) is 13.3. The van der Waals surface area contributed by atoms with E-state index in [0.717, 1.165) is 11.3 Å². The smallest absolute Gasteiger partial charge is 0.189 e. The third-order valence-corrected chi connectivity index (χ3v) is 3.62. The quantitative estimate of drug-likeness (QED) is 0.827. The van der Waals surface area contributed by atoms with Gasteiger partial charge in [0.25, 0.3) is 0 Å². The molecule has 1 fully saturated rings. The minimum atomic E-state index is -0.403. The fourth-order valence-electron chi connectivity index (χ4n) is 1.83. The van der Waals surface area contributed by atoms with Crippen LogP contribution in [0.15, 0.2) is 18.5 Å². The second kappa shape index (κ2) is 4.52. The number of hydrogen-bond donors (Lipinski definition) is 0. The van der Waals surface area contributed by atoms with Crippen LogP contribution in [0.4, 0.5) is 0 Å². The van der Waals surface area contributed by atoms with E-state index in [0.29, 0.717) is 6.61 Å². The molecule has 0 aromatic carbocycles. The molecule has 2 heterocycles. The van der Waals surface area contributed by atoms with E-state index in [2.05, 4.69) is 4.98 Å². The molecule has 0 N–H and O–H groups in total. The minimum absolute atomic E-state index is 0.343. The van der Waals surface area contributed by atoms with E-state index < -0.39 is 6.29 Å². The molecule has 1 saturated heterocycles. The highest BCUT2D eigenvalue weighted by atomic mass is 16.7. The molecule has 4 heteroatoms. The van der Waals surface area contributed by atoms with E-state index in [1.54, 1.807) is 12.4 Å². The fraction of sp³-hybridized carbons (Fsp3) is 0.643. The van der Waals surface area contributed by atoms with Crippen molar-refractivity contribution in [2.24, 2.45) is 0 Å². The van der Waals surface area contributed by atoms with Crippen LogP contribution >= 0.6 is 0 Å². The standard InChI is InChI=1S/C14H21NO3/c1-6-16-11-9-15-8-7-10(11)12-17-13(2,3)14(4,5)18-12/h7-9,12H,6H2,1-5H3. The summed E-state index contributed by atoms with van der Waals surface area (Å²) in [6.45, 7) is 10.7. The van der Waals surface area contributed by atoms with Gasteiger partial charge < -0.3 is 14.2 Å². The maximum Gasteiger partial charge on any atom is 0.189 e. The zero-order chi connectivity index (χ0) is 13.4. The Hall–Kier alpha value is -1.13. The van der Waals surface area contributed by atoms with E-state index >= 15 is 0 Å². The number of hydrogen-bond acceptors (Lipinski definition) is 4. The van der Waals surface area contributed by atoms with E-state index in [1.807, 2.05) is 40.7 Å². The van der Waals surface area contributed by atoms with Crippen molar-refractivity contribution in [1.82, 2.24) is 4.98 Å². The number of aromatic nitrogens is 1. The van der Waals surface area contributed by atoms with Gasteiger partial charge in [0.2, 0.25) is 0 Å². The average Bonchev–Trinajstić information content (AvgIpc) is 2.49. The summed E-state index contributed by atoms with van der Waals surface area (Å²) >= 11 is 0. The monoisotopic (exact) mass is 251 g/mol. The Morgan fingerprint density at radius 3 is 2.39 bits per heavy atom. The van der Waals surface area contributed by atoms with Gasteiger partial charge >= 0.3 is 0 Å². The van der Waals surface area contributed by atoms with Crippen LogP contribution in [0.2, 0.25) is 0 Å². The third-order valence-electron chi connectivity index (χ3n) is 3.62. The summed E-state index contributed by atoms with van der Waals surface area (Å²) in [6, 6.07) is 1.88. The molecule has 1 aromatic rings. The predicted molar refractivity (Wildman–Crippen MR) is 68.5 cm³/mol. The van der Waals surface area contributed by atoms with Crippen molar-refractivity contribution in [2.45, 2.75) is 52.1 Å². The van der Waals surface area contributed by atoms with Gasteiger partial charge in [-0.05, 0) is 40.7 Å². The van der Waals surface area contributed by atoms with Crippen molar-refractivity contribution in [3.8, 4) is 5.75 Å². The van der Waals surface area contributed by atoms with Gasteiger partial charge in [-0.2, -0.15) is 0 Å². The number of pyridine rings is 1. The molecule has 0 amide bonds. The van der Waals surface area contributed by atoms with Crippen LogP contribution in [0.5, 0.6) is 5.75 Å². The zero-order valence-corrected chi connectivity index (χ0v) is 11.7. The van der Waals surface area contributed by atoms with Gasteiger partial charge in [-0.15, -0.1) is 0 Å². The molecule has 1 aromatic heterocycles. The summed E-state index contributed by atoms with van der Waals surface area (Å²) in [5.41, 5.74) is 0.208. The van der Waals surface area contributed by atoms with Crippen LogP contribution in [0.25, 0.3) is 0 Å². The SMILES string of the molecule is CCOc1cnccc1C1OC(C)(C)C(C)(C)O1. The molecule has 4 nitrogen and oxygen atoms in total. The van der Waals surface area contributed by atoms with Gasteiger partial charge in [-0.3, -0.25) is 4.98 Å². The average molecular weight is 251 g/mol. The fourth-order valence-corrected chi connectivity index (χ4v) is 1.83.